The molecule has 1 unspecified atom stereocenters. The Kier molecular flexibility index (Phi) is 11.1. The molecule has 0 spiro atoms. The van der Waals surface area contributed by atoms with Gasteiger partial charge in [0.2, 0.25) is 0 Å². The maximum atomic E-state index is 7.02. The highest BCUT2D eigenvalue weighted by molar-refractivity contribution is 5.26. The van der Waals surface area contributed by atoms with Crippen LogP contribution in [0.3, 0.4) is 0 Å². The molecule has 0 amide bonds. The first kappa shape index (κ1) is 23.1. The van der Waals surface area contributed by atoms with Gasteiger partial charge in [-0.25, -0.2) is 0 Å². The molecule has 4 heteroatoms. The summed E-state index contributed by atoms with van der Waals surface area (Å²) in [4.78, 5) is 0. The summed E-state index contributed by atoms with van der Waals surface area (Å²) in [5, 5.41) is 0. The molecule has 0 heterocycles. The molecule has 2 N–H and O–H groups in total. The van der Waals surface area contributed by atoms with Crippen LogP contribution in [-0.4, -0.2) is 25.8 Å². The molecule has 1 atom stereocenters. The highest BCUT2D eigenvalue weighted by atomic mass is 16.9. The lowest BCUT2D eigenvalue weighted by Gasteiger charge is -2.46. The van der Waals surface area contributed by atoms with E-state index in [4.69, 9.17) is 19.9 Å². The second-order valence-electron chi connectivity index (χ2n) is 6.71. The average Bonchev–Trinajstić information content (AvgIpc) is 2.65. The molecule has 1 aromatic rings. The SMILES string of the molecule is CCCCCCCCC(N)(c1ccccc1)C(OCC)(OCC)OCC. The molecule has 0 aliphatic carbocycles. The van der Waals surface area contributed by atoms with E-state index in [9.17, 15) is 0 Å². The number of ether oxygens (including phenoxy) is 3. The van der Waals surface area contributed by atoms with E-state index in [0.717, 1.165) is 24.8 Å². The molecular weight excluding hydrogens is 326 g/mol. The molecular formula is C22H39NO3. The molecule has 4 nitrogen and oxygen atoms in total. The molecule has 1 aromatic carbocycles. The zero-order chi connectivity index (χ0) is 19.3. The van der Waals surface area contributed by atoms with Crippen LogP contribution in [0.4, 0.5) is 0 Å². The molecule has 0 aliphatic rings. The van der Waals surface area contributed by atoms with E-state index in [-0.39, 0.29) is 0 Å². The minimum Gasteiger partial charge on any atom is -0.326 e. The van der Waals surface area contributed by atoms with E-state index in [1.807, 2.05) is 51.1 Å². The summed E-state index contributed by atoms with van der Waals surface area (Å²) >= 11 is 0. The third-order valence-corrected chi connectivity index (χ3v) is 4.76. The van der Waals surface area contributed by atoms with Gasteiger partial charge in [0, 0.05) is 19.8 Å². The number of benzene rings is 1. The largest absolute Gasteiger partial charge is 0.326 e. The van der Waals surface area contributed by atoms with E-state index < -0.39 is 11.5 Å². The summed E-state index contributed by atoms with van der Waals surface area (Å²) in [6.07, 6.45) is 8.01. The van der Waals surface area contributed by atoms with E-state index >= 15 is 0 Å². The van der Waals surface area contributed by atoms with Crippen LogP contribution >= 0.6 is 0 Å². The van der Waals surface area contributed by atoms with Gasteiger partial charge in [0.25, 0.3) is 0 Å². The van der Waals surface area contributed by atoms with Gasteiger partial charge in [0.05, 0.1) is 0 Å². The number of rotatable bonds is 15. The summed E-state index contributed by atoms with van der Waals surface area (Å²) in [6.45, 7) is 9.50. The van der Waals surface area contributed by atoms with Crippen LogP contribution in [-0.2, 0) is 19.7 Å². The Labute approximate surface area is 160 Å². The Morgan fingerprint density at radius 1 is 0.731 bits per heavy atom. The lowest BCUT2D eigenvalue weighted by atomic mass is 9.82. The predicted octanol–water partition coefficient (Wildman–Crippen LogP) is 5.35. The van der Waals surface area contributed by atoms with Crippen molar-refractivity contribution >= 4 is 0 Å². The fraction of sp³-hybridized carbons (Fsp3) is 0.727. The monoisotopic (exact) mass is 365 g/mol. The van der Waals surface area contributed by atoms with Crippen molar-refractivity contribution in [3.63, 3.8) is 0 Å². The standard InChI is InChI=1S/C22H39NO3/c1-5-9-10-11-12-16-19-21(23,20-17-14-13-15-18-20)22(24-6-2,25-7-3)26-8-4/h13-15,17-18H,5-12,16,19,23H2,1-4H3. The van der Waals surface area contributed by atoms with Gasteiger partial charge >= 0.3 is 5.97 Å². The maximum absolute atomic E-state index is 7.02. The highest BCUT2D eigenvalue weighted by Gasteiger charge is 2.53. The Hall–Kier alpha value is -0.940. The molecule has 0 bridgehead atoms. The van der Waals surface area contributed by atoms with E-state index in [2.05, 4.69) is 6.92 Å². The Bertz CT molecular complexity index is 449. The molecule has 0 radical (unpaired) electrons. The van der Waals surface area contributed by atoms with Crippen molar-refractivity contribution in [2.45, 2.75) is 84.2 Å². The molecule has 1 rings (SSSR count). The van der Waals surface area contributed by atoms with E-state index in [1.54, 1.807) is 0 Å². The Morgan fingerprint density at radius 3 is 1.73 bits per heavy atom. The normalized spacial score (nSPS) is 14.3. The second-order valence-corrected chi connectivity index (χ2v) is 6.71. The van der Waals surface area contributed by atoms with Crippen molar-refractivity contribution < 1.29 is 14.2 Å². The van der Waals surface area contributed by atoms with Crippen molar-refractivity contribution in [3.05, 3.63) is 35.9 Å². The lowest BCUT2D eigenvalue weighted by molar-refractivity contribution is -0.410. The first-order valence-corrected chi connectivity index (χ1v) is 10.4. The molecule has 26 heavy (non-hydrogen) atoms. The van der Waals surface area contributed by atoms with Crippen LogP contribution in [0.15, 0.2) is 30.3 Å². The van der Waals surface area contributed by atoms with Crippen LogP contribution in [0.5, 0.6) is 0 Å². The Balaban J connectivity index is 3.07. The van der Waals surface area contributed by atoms with Gasteiger partial charge in [-0.2, -0.15) is 0 Å². The maximum Gasteiger partial charge on any atom is 0.306 e. The van der Waals surface area contributed by atoms with Crippen LogP contribution in [0.25, 0.3) is 0 Å². The molecule has 150 valence electrons. The zero-order valence-electron chi connectivity index (χ0n) is 17.3. The van der Waals surface area contributed by atoms with Crippen molar-refractivity contribution in [3.8, 4) is 0 Å². The lowest BCUT2D eigenvalue weighted by Crippen LogP contribution is -2.62. The number of unbranched alkanes of at least 4 members (excludes halogenated alkanes) is 5. The Morgan fingerprint density at radius 2 is 1.23 bits per heavy atom. The molecule has 0 saturated heterocycles. The first-order chi connectivity index (χ1) is 12.6. The van der Waals surface area contributed by atoms with Gasteiger partial charge in [-0.15, -0.1) is 0 Å². The number of nitrogens with two attached hydrogens (primary N) is 1. The molecule has 0 aromatic heterocycles. The van der Waals surface area contributed by atoms with Crippen molar-refractivity contribution in [2.24, 2.45) is 5.73 Å². The fourth-order valence-corrected chi connectivity index (χ4v) is 3.48. The molecule has 0 aliphatic heterocycles. The van der Waals surface area contributed by atoms with E-state index in [1.165, 1.54) is 25.7 Å². The fourth-order valence-electron chi connectivity index (χ4n) is 3.48. The number of hydrogen-bond donors (Lipinski definition) is 1. The van der Waals surface area contributed by atoms with Crippen LogP contribution < -0.4 is 5.73 Å². The van der Waals surface area contributed by atoms with Crippen LogP contribution in [0.2, 0.25) is 0 Å². The van der Waals surface area contributed by atoms with Crippen LogP contribution in [0.1, 0.15) is 78.2 Å². The van der Waals surface area contributed by atoms with Gasteiger partial charge in [-0.1, -0.05) is 75.8 Å². The molecule has 0 saturated carbocycles. The summed E-state index contributed by atoms with van der Waals surface area (Å²) in [7, 11) is 0. The molecule has 0 fully saturated rings. The van der Waals surface area contributed by atoms with Crippen LogP contribution in [0, 0.1) is 0 Å². The second kappa shape index (κ2) is 12.4. The highest BCUT2D eigenvalue weighted by Crippen LogP contribution is 2.40. The summed E-state index contributed by atoms with van der Waals surface area (Å²) in [6, 6.07) is 10.1. The smallest absolute Gasteiger partial charge is 0.306 e. The summed E-state index contributed by atoms with van der Waals surface area (Å²) in [5.41, 5.74) is 7.15. The van der Waals surface area contributed by atoms with Crippen molar-refractivity contribution in [1.29, 1.82) is 0 Å². The predicted molar refractivity (Wildman–Crippen MR) is 108 cm³/mol. The van der Waals surface area contributed by atoms with Gasteiger partial charge in [-0.3, -0.25) is 0 Å². The van der Waals surface area contributed by atoms with Gasteiger partial charge in [0.15, 0.2) is 0 Å². The zero-order valence-corrected chi connectivity index (χ0v) is 17.3. The van der Waals surface area contributed by atoms with Gasteiger partial charge in [-0.05, 0) is 32.8 Å². The third-order valence-electron chi connectivity index (χ3n) is 4.76. The first-order valence-electron chi connectivity index (χ1n) is 10.4. The quantitative estimate of drug-likeness (QED) is 0.336. The topological polar surface area (TPSA) is 53.7 Å². The summed E-state index contributed by atoms with van der Waals surface area (Å²) in [5.74, 6) is -1.27. The van der Waals surface area contributed by atoms with Gasteiger partial charge in [0.1, 0.15) is 5.54 Å². The van der Waals surface area contributed by atoms with Gasteiger partial charge < -0.3 is 19.9 Å². The van der Waals surface area contributed by atoms with Crippen molar-refractivity contribution in [2.75, 3.05) is 19.8 Å². The van der Waals surface area contributed by atoms with Crippen molar-refractivity contribution in [1.82, 2.24) is 0 Å². The minimum atomic E-state index is -1.27. The average molecular weight is 366 g/mol. The third kappa shape index (κ3) is 6.05. The minimum absolute atomic E-state index is 0.474. The number of hydrogen-bond acceptors (Lipinski definition) is 4. The summed E-state index contributed by atoms with van der Waals surface area (Å²) < 4.78 is 18.2. The van der Waals surface area contributed by atoms with E-state index in [0.29, 0.717) is 19.8 Å².